The molecule has 114 valence electrons. The van der Waals surface area contributed by atoms with Gasteiger partial charge in [-0.25, -0.2) is 4.68 Å². The van der Waals surface area contributed by atoms with Crippen molar-refractivity contribution < 1.29 is 0 Å². The first-order valence-corrected chi connectivity index (χ1v) is 8.12. The third-order valence-corrected chi connectivity index (χ3v) is 4.75. The molecule has 0 unspecified atom stereocenters. The normalized spacial score (nSPS) is 12.0. The lowest BCUT2D eigenvalue weighted by molar-refractivity contribution is 0.424. The molecule has 0 bridgehead atoms. The first-order valence-electron chi connectivity index (χ1n) is 6.95. The fourth-order valence-electron chi connectivity index (χ4n) is 2.14. The molecule has 0 aliphatic carbocycles. The monoisotopic (exact) mass is 369 g/mol. The largest absolute Gasteiger partial charge is 0.308 e. The lowest BCUT2D eigenvalue weighted by Crippen LogP contribution is -2.35. The summed E-state index contributed by atoms with van der Waals surface area (Å²) in [6.45, 7) is 11.2. The standard InChI is InChI=1S/C16H21BrClN3/c1-10-14(17)11(2)21(20-10)15-12(7-6-8-13(15)18)9-19-16(3,4)5/h6-8,19H,9H2,1-5H3. The van der Waals surface area contributed by atoms with Crippen LogP contribution in [0.3, 0.4) is 0 Å². The van der Waals surface area contributed by atoms with E-state index in [-0.39, 0.29) is 5.54 Å². The summed E-state index contributed by atoms with van der Waals surface area (Å²) in [7, 11) is 0. The maximum Gasteiger partial charge on any atom is 0.0880 e. The number of hydrogen-bond acceptors (Lipinski definition) is 2. The van der Waals surface area contributed by atoms with Crippen molar-refractivity contribution in [2.75, 3.05) is 0 Å². The van der Waals surface area contributed by atoms with Crippen molar-refractivity contribution in [3.63, 3.8) is 0 Å². The van der Waals surface area contributed by atoms with Gasteiger partial charge in [0.1, 0.15) is 0 Å². The third kappa shape index (κ3) is 3.68. The Morgan fingerprint density at radius 1 is 1.29 bits per heavy atom. The van der Waals surface area contributed by atoms with E-state index in [4.69, 9.17) is 11.6 Å². The van der Waals surface area contributed by atoms with Crippen molar-refractivity contribution in [2.45, 2.75) is 46.7 Å². The number of nitrogens with zero attached hydrogens (tertiary/aromatic N) is 2. The Morgan fingerprint density at radius 3 is 2.48 bits per heavy atom. The molecule has 0 atom stereocenters. The Balaban J connectivity index is 2.49. The summed E-state index contributed by atoms with van der Waals surface area (Å²) in [5, 5.41) is 8.82. The van der Waals surface area contributed by atoms with E-state index in [0.717, 1.165) is 33.7 Å². The quantitative estimate of drug-likeness (QED) is 0.841. The Bertz CT molecular complexity index is 656. The summed E-state index contributed by atoms with van der Waals surface area (Å²) < 4.78 is 2.94. The minimum Gasteiger partial charge on any atom is -0.308 e. The molecule has 3 nitrogen and oxygen atoms in total. The molecule has 0 aliphatic heterocycles. The number of aromatic nitrogens is 2. The molecule has 0 fully saturated rings. The molecular weight excluding hydrogens is 350 g/mol. The highest BCUT2D eigenvalue weighted by molar-refractivity contribution is 9.10. The topological polar surface area (TPSA) is 29.9 Å². The first kappa shape index (κ1) is 16.5. The molecule has 1 aromatic heterocycles. The van der Waals surface area contributed by atoms with Crippen LogP contribution in [0.4, 0.5) is 0 Å². The lowest BCUT2D eigenvalue weighted by Gasteiger charge is -2.22. The fraction of sp³-hybridized carbons (Fsp3) is 0.438. The molecule has 1 N–H and O–H groups in total. The van der Waals surface area contributed by atoms with Crippen LogP contribution >= 0.6 is 27.5 Å². The number of aryl methyl sites for hydroxylation is 1. The number of rotatable bonds is 3. The minimum atomic E-state index is 0.0508. The van der Waals surface area contributed by atoms with E-state index in [2.05, 4.69) is 53.2 Å². The molecule has 0 saturated heterocycles. The average Bonchev–Trinajstić information content (AvgIpc) is 2.63. The highest BCUT2D eigenvalue weighted by atomic mass is 79.9. The van der Waals surface area contributed by atoms with Crippen LogP contribution < -0.4 is 5.32 Å². The van der Waals surface area contributed by atoms with Crippen LogP contribution in [0.25, 0.3) is 5.69 Å². The van der Waals surface area contributed by atoms with Gasteiger partial charge in [0.2, 0.25) is 0 Å². The highest BCUT2D eigenvalue weighted by Gasteiger charge is 2.17. The maximum atomic E-state index is 6.44. The maximum absolute atomic E-state index is 6.44. The van der Waals surface area contributed by atoms with Crippen LogP contribution in [0.15, 0.2) is 22.7 Å². The predicted octanol–water partition coefficient (Wildman–Crippen LogP) is 4.79. The van der Waals surface area contributed by atoms with Crippen LogP contribution in [-0.4, -0.2) is 15.3 Å². The molecule has 2 aromatic rings. The second-order valence-corrected chi connectivity index (χ2v) is 7.45. The summed E-state index contributed by atoms with van der Waals surface area (Å²) in [4.78, 5) is 0. The number of nitrogens with one attached hydrogen (secondary N) is 1. The van der Waals surface area contributed by atoms with E-state index in [1.807, 2.05) is 30.7 Å². The van der Waals surface area contributed by atoms with Gasteiger partial charge in [0.05, 0.1) is 26.6 Å². The number of benzene rings is 1. The second kappa shape index (κ2) is 6.11. The second-order valence-electron chi connectivity index (χ2n) is 6.25. The van der Waals surface area contributed by atoms with E-state index in [1.54, 1.807) is 0 Å². The molecule has 21 heavy (non-hydrogen) atoms. The Morgan fingerprint density at radius 2 is 1.95 bits per heavy atom. The Kier molecular flexibility index (Phi) is 4.81. The van der Waals surface area contributed by atoms with Gasteiger partial charge in [-0.05, 0) is 62.2 Å². The highest BCUT2D eigenvalue weighted by Crippen LogP contribution is 2.29. The zero-order chi connectivity index (χ0) is 15.8. The molecular formula is C16H21BrClN3. The van der Waals surface area contributed by atoms with Gasteiger partial charge < -0.3 is 5.32 Å². The summed E-state index contributed by atoms with van der Waals surface area (Å²) in [6, 6.07) is 5.97. The zero-order valence-electron chi connectivity index (χ0n) is 13.1. The van der Waals surface area contributed by atoms with E-state index >= 15 is 0 Å². The van der Waals surface area contributed by atoms with Gasteiger partial charge >= 0.3 is 0 Å². The molecule has 0 spiro atoms. The minimum absolute atomic E-state index is 0.0508. The summed E-state index contributed by atoms with van der Waals surface area (Å²) in [5.41, 5.74) is 4.15. The smallest absolute Gasteiger partial charge is 0.0880 e. The van der Waals surface area contributed by atoms with Crippen molar-refractivity contribution in [1.82, 2.24) is 15.1 Å². The molecule has 0 radical (unpaired) electrons. The first-order chi connectivity index (χ1) is 9.70. The van der Waals surface area contributed by atoms with Crippen LogP contribution in [-0.2, 0) is 6.54 Å². The van der Waals surface area contributed by atoms with Crippen molar-refractivity contribution in [3.8, 4) is 5.69 Å². The molecule has 0 aliphatic rings. The molecule has 2 rings (SSSR count). The SMILES string of the molecule is Cc1nn(-c2c(Cl)cccc2CNC(C)(C)C)c(C)c1Br. The molecule has 0 saturated carbocycles. The zero-order valence-corrected chi connectivity index (χ0v) is 15.4. The van der Waals surface area contributed by atoms with Crippen LogP contribution in [0.5, 0.6) is 0 Å². The Hall–Kier alpha value is -0.840. The van der Waals surface area contributed by atoms with E-state index in [1.165, 1.54) is 0 Å². The summed E-state index contributed by atoms with van der Waals surface area (Å²) >= 11 is 10.0. The number of para-hydroxylation sites is 1. The van der Waals surface area contributed by atoms with Crippen molar-refractivity contribution >= 4 is 27.5 Å². The van der Waals surface area contributed by atoms with Gasteiger partial charge in [-0.3, -0.25) is 0 Å². The van der Waals surface area contributed by atoms with Crippen LogP contribution in [0.2, 0.25) is 5.02 Å². The lowest BCUT2D eigenvalue weighted by atomic mass is 10.1. The van der Waals surface area contributed by atoms with E-state index in [9.17, 15) is 0 Å². The Labute approximate surface area is 139 Å². The van der Waals surface area contributed by atoms with Gasteiger partial charge in [-0.2, -0.15) is 5.10 Å². The van der Waals surface area contributed by atoms with Gasteiger partial charge in [-0.15, -0.1) is 0 Å². The van der Waals surface area contributed by atoms with Gasteiger partial charge in [-0.1, -0.05) is 23.7 Å². The molecule has 1 aromatic carbocycles. The van der Waals surface area contributed by atoms with Crippen molar-refractivity contribution in [2.24, 2.45) is 0 Å². The van der Waals surface area contributed by atoms with Gasteiger partial charge in [0.15, 0.2) is 0 Å². The van der Waals surface area contributed by atoms with E-state index in [0.29, 0.717) is 5.02 Å². The summed E-state index contributed by atoms with van der Waals surface area (Å²) in [6.07, 6.45) is 0. The third-order valence-electron chi connectivity index (χ3n) is 3.29. The van der Waals surface area contributed by atoms with Crippen molar-refractivity contribution in [3.05, 3.63) is 44.6 Å². The van der Waals surface area contributed by atoms with Gasteiger partial charge in [0.25, 0.3) is 0 Å². The predicted molar refractivity (Wildman–Crippen MR) is 92.3 cm³/mol. The van der Waals surface area contributed by atoms with Crippen LogP contribution in [0, 0.1) is 13.8 Å². The van der Waals surface area contributed by atoms with Crippen molar-refractivity contribution in [1.29, 1.82) is 0 Å². The fourth-order valence-corrected chi connectivity index (χ4v) is 2.66. The molecule has 0 amide bonds. The number of hydrogen-bond donors (Lipinski definition) is 1. The van der Waals surface area contributed by atoms with Crippen LogP contribution in [0.1, 0.15) is 37.7 Å². The summed E-state index contributed by atoms with van der Waals surface area (Å²) in [5.74, 6) is 0. The van der Waals surface area contributed by atoms with E-state index < -0.39 is 0 Å². The molecule has 1 heterocycles. The average molecular weight is 371 g/mol. The number of halogens is 2. The molecule has 5 heteroatoms. The van der Waals surface area contributed by atoms with Gasteiger partial charge in [0, 0.05) is 12.1 Å².